The monoisotopic (exact) mass is 276 g/mol. The Morgan fingerprint density at radius 3 is 2.75 bits per heavy atom. The van der Waals surface area contributed by atoms with Crippen LogP contribution < -0.4 is 5.32 Å². The van der Waals surface area contributed by atoms with Gasteiger partial charge in [-0.25, -0.2) is 4.39 Å². The van der Waals surface area contributed by atoms with Gasteiger partial charge in [0.05, 0.1) is 0 Å². The van der Waals surface area contributed by atoms with E-state index in [4.69, 9.17) is 0 Å². The van der Waals surface area contributed by atoms with Crippen LogP contribution in [0, 0.1) is 5.82 Å². The lowest BCUT2D eigenvalue weighted by molar-refractivity contribution is 0.505. The standard InChI is InChI=1S/C15H21FN4/c1-3-15-19-18-11-20(15)9-8-17-12(2)10-13-4-6-14(16)7-5-13/h4-7,11-12,17H,3,8-10H2,1-2H3. The van der Waals surface area contributed by atoms with Crippen molar-refractivity contribution in [1.29, 1.82) is 0 Å². The summed E-state index contributed by atoms with van der Waals surface area (Å²) in [4.78, 5) is 0. The molecule has 0 saturated carbocycles. The van der Waals surface area contributed by atoms with Gasteiger partial charge in [0.15, 0.2) is 0 Å². The Morgan fingerprint density at radius 2 is 2.05 bits per heavy atom. The van der Waals surface area contributed by atoms with Gasteiger partial charge in [-0.1, -0.05) is 19.1 Å². The van der Waals surface area contributed by atoms with E-state index < -0.39 is 0 Å². The van der Waals surface area contributed by atoms with E-state index in [1.54, 1.807) is 6.33 Å². The summed E-state index contributed by atoms with van der Waals surface area (Å²) in [6.45, 7) is 5.94. The number of aryl methyl sites for hydroxylation is 1. The van der Waals surface area contributed by atoms with Crippen LogP contribution in [0.1, 0.15) is 25.2 Å². The van der Waals surface area contributed by atoms with Crippen LogP contribution in [0.4, 0.5) is 4.39 Å². The molecule has 2 rings (SSSR count). The highest BCUT2D eigenvalue weighted by atomic mass is 19.1. The quantitative estimate of drug-likeness (QED) is 0.843. The molecule has 20 heavy (non-hydrogen) atoms. The van der Waals surface area contributed by atoms with Gasteiger partial charge < -0.3 is 9.88 Å². The first-order chi connectivity index (χ1) is 9.69. The smallest absolute Gasteiger partial charge is 0.132 e. The van der Waals surface area contributed by atoms with Crippen molar-refractivity contribution in [3.8, 4) is 0 Å². The predicted octanol–water partition coefficient (Wildman–Crippen LogP) is 2.20. The summed E-state index contributed by atoms with van der Waals surface area (Å²) in [5, 5.41) is 11.4. The number of aromatic nitrogens is 3. The van der Waals surface area contributed by atoms with Gasteiger partial charge in [-0.3, -0.25) is 0 Å². The molecule has 0 fully saturated rings. The molecule has 0 radical (unpaired) electrons. The van der Waals surface area contributed by atoms with Gasteiger partial charge in [0.1, 0.15) is 18.0 Å². The van der Waals surface area contributed by atoms with Crippen molar-refractivity contribution in [3.63, 3.8) is 0 Å². The first kappa shape index (κ1) is 14.7. The maximum Gasteiger partial charge on any atom is 0.132 e. The largest absolute Gasteiger partial charge is 0.316 e. The summed E-state index contributed by atoms with van der Waals surface area (Å²) < 4.78 is 14.9. The molecule has 1 aromatic carbocycles. The SMILES string of the molecule is CCc1nncn1CCNC(C)Cc1ccc(F)cc1. The van der Waals surface area contributed by atoms with E-state index in [0.29, 0.717) is 6.04 Å². The Kier molecular flexibility index (Phi) is 5.24. The lowest BCUT2D eigenvalue weighted by Crippen LogP contribution is -2.31. The van der Waals surface area contributed by atoms with Crippen molar-refractivity contribution in [1.82, 2.24) is 20.1 Å². The molecule has 108 valence electrons. The molecule has 1 atom stereocenters. The van der Waals surface area contributed by atoms with Crippen LogP contribution in [0.3, 0.4) is 0 Å². The Hall–Kier alpha value is -1.75. The lowest BCUT2D eigenvalue weighted by atomic mass is 10.1. The van der Waals surface area contributed by atoms with E-state index in [2.05, 4.69) is 33.9 Å². The minimum atomic E-state index is -0.186. The average molecular weight is 276 g/mol. The molecule has 0 spiro atoms. The van der Waals surface area contributed by atoms with E-state index in [1.165, 1.54) is 12.1 Å². The Balaban J connectivity index is 1.75. The number of halogens is 1. The zero-order valence-electron chi connectivity index (χ0n) is 12.0. The summed E-state index contributed by atoms with van der Waals surface area (Å²) in [6, 6.07) is 7.03. The zero-order chi connectivity index (χ0) is 14.4. The van der Waals surface area contributed by atoms with Gasteiger partial charge >= 0.3 is 0 Å². The highest BCUT2D eigenvalue weighted by Crippen LogP contribution is 2.05. The minimum Gasteiger partial charge on any atom is -0.316 e. The number of nitrogens with zero attached hydrogens (tertiary/aromatic N) is 3. The molecule has 0 aliphatic heterocycles. The maximum absolute atomic E-state index is 12.8. The molecular formula is C15H21FN4. The molecule has 0 saturated heterocycles. The van der Waals surface area contributed by atoms with Gasteiger partial charge in [-0.2, -0.15) is 0 Å². The van der Waals surface area contributed by atoms with E-state index in [0.717, 1.165) is 37.3 Å². The molecule has 5 heteroatoms. The third kappa shape index (κ3) is 4.13. The molecule has 1 heterocycles. The number of rotatable bonds is 7. The van der Waals surface area contributed by atoms with Crippen molar-refractivity contribution in [3.05, 3.63) is 47.8 Å². The van der Waals surface area contributed by atoms with E-state index >= 15 is 0 Å². The summed E-state index contributed by atoms with van der Waals surface area (Å²) in [5.74, 6) is 0.826. The van der Waals surface area contributed by atoms with Gasteiger partial charge in [0.2, 0.25) is 0 Å². The molecule has 1 unspecified atom stereocenters. The molecule has 1 aromatic heterocycles. The van der Waals surface area contributed by atoms with Crippen molar-refractivity contribution >= 4 is 0 Å². The van der Waals surface area contributed by atoms with E-state index in [-0.39, 0.29) is 5.82 Å². The van der Waals surface area contributed by atoms with Crippen LogP contribution in [0.5, 0.6) is 0 Å². The molecular weight excluding hydrogens is 255 g/mol. The van der Waals surface area contributed by atoms with Crippen LogP contribution in [-0.2, 0) is 19.4 Å². The number of benzene rings is 1. The minimum absolute atomic E-state index is 0.186. The van der Waals surface area contributed by atoms with Crippen molar-refractivity contribution in [2.45, 2.75) is 39.3 Å². The lowest BCUT2D eigenvalue weighted by Gasteiger charge is -2.14. The number of hydrogen-bond donors (Lipinski definition) is 1. The molecule has 2 aromatic rings. The second kappa shape index (κ2) is 7.14. The van der Waals surface area contributed by atoms with Crippen LogP contribution in [0.2, 0.25) is 0 Å². The molecule has 0 amide bonds. The van der Waals surface area contributed by atoms with Crippen LogP contribution in [0.15, 0.2) is 30.6 Å². The second-order valence-electron chi connectivity index (χ2n) is 4.98. The number of nitrogens with one attached hydrogen (secondary N) is 1. The topological polar surface area (TPSA) is 42.7 Å². The first-order valence-corrected chi connectivity index (χ1v) is 7.03. The van der Waals surface area contributed by atoms with Crippen molar-refractivity contribution in [2.24, 2.45) is 0 Å². The summed E-state index contributed by atoms with van der Waals surface area (Å²) >= 11 is 0. The fraction of sp³-hybridized carbons (Fsp3) is 0.467. The molecule has 4 nitrogen and oxygen atoms in total. The highest BCUT2D eigenvalue weighted by molar-refractivity contribution is 5.16. The molecule has 0 bridgehead atoms. The summed E-state index contributed by atoms with van der Waals surface area (Å²) in [5.41, 5.74) is 1.14. The Bertz CT molecular complexity index is 521. The summed E-state index contributed by atoms with van der Waals surface area (Å²) in [7, 11) is 0. The molecule has 1 N–H and O–H groups in total. The van der Waals surface area contributed by atoms with Gasteiger partial charge in [-0.15, -0.1) is 10.2 Å². The third-order valence-corrected chi connectivity index (χ3v) is 3.31. The Labute approximate surface area is 119 Å². The highest BCUT2D eigenvalue weighted by Gasteiger charge is 2.05. The average Bonchev–Trinajstić information content (AvgIpc) is 2.89. The van der Waals surface area contributed by atoms with Gasteiger partial charge in [0.25, 0.3) is 0 Å². The summed E-state index contributed by atoms with van der Waals surface area (Å²) in [6.07, 6.45) is 3.55. The fourth-order valence-corrected chi connectivity index (χ4v) is 2.22. The van der Waals surface area contributed by atoms with Gasteiger partial charge in [-0.05, 0) is 31.0 Å². The van der Waals surface area contributed by atoms with Crippen molar-refractivity contribution < 1.29 is 4.39 Å². The maximum atomic E-state index is 12.8. The number of hydrogen-bond acceptors (Lipinski definition) is 3. The zero-order valence-corrected chi connectivity index (χ0v) is 12.0. The van der Waals surface area contributed by atoms with E-state index in [9.17, 15) is 4.39 Å². The second-order valence-corrected chi connectivity index (χ2v) is 4.98. The Morgan fingerprint density at radius 1 is 1.30 bits per heavy atom. The van der Waals surface area contributed by atoms with Crippen molar-refractivity contribution in [2.75, 3.05) is 6.54 Å². The van der Waals surface area contributed by atoms with Crippen LogP contribution in [0.25, 0.3) is 0 Å². The molecule has 0 aliphatic carbocycles. The predicted molar refractivity (Wildman–Crippen MR) is 77.0 cm³/mol. The van der Waals surface area contributed by atoms with Gasteiger partial charge in [0, 0.05) is 25.6 Å². The van der Waals surface area contributed by atoms with E-state index in [1.807, 2.05) is 12.1 Å². The first-order valence-electron chi connectivity index (χ1n) is 7.03. The third-order valence-electron chi connectivity index (χ3n) is 3.31. The fourth-order valence-electron chi connectivity index (χ4n) is 2.22. The normalized spacial score (nSPS) is 12.6. The molecule has 0 aliphatic rings. The van der Waals surface area contributed by atoms with Crippen LogP contribution in [-0.4, -0.2) is 27.4 Å². The van der Waals surface area contributed by atoms with Crippen LogP contribution >= 0.6 is 0 Å².